The molecule has 4 rings (SSSR count). The van der Waals surface area contributed by atoms with Crippen molar-refractivity contribution in [1.82, 2.24) is 19.8 Å². The van der Waals surface area contributed by atoms with Crippen molar-refractivity contribution in [1.29, 1.82) is 0 Å². The highest BCUT2D eigenvalue weighted by molar-refractivity contribution is 9.10. The Bertz CT molecular complexity index is 1100. The number of pyridine rings is 1. The maximum Gasteiger partial charge on any atom is 0.254 e. The average molecular weight is 518 g/mol. The number of carbonyl (C=O) groups is 2. The van der Waals surface area contributed by atoms with Gasteiger partial charge in [0.05, 0.1) is 0 Å². The highest BCUT2D eigenvalue weighted by atomic mass is 79.9. The van der Waals surface area contributed by atoms with Gasteiger partial charge in [-0.3, -0.25) is 9.59 Å². The second-order valence-corrected chi connectivity index (χ2v) is 9.65. The Morgan fingerprint density at radius 2 is 1.81 bits per heavy atom. The summed E-state index contributed by atoms with van der Waals surface area (Å²) in [5.41, 5.74) is 0.646. The summed E-state index contributed by atoms with van der Waals surface area (Å²) in [6.07, 6.45) is 0. The van der Waals surface area contributed by atoms with E-state index in [2.05, 4.69) is 31.2 Å². The van der Waals surface area contributed by atoms with E-state index < -0.39 is 0 Å². The van der Waals surface area contributed by atoms with Crippen LogP contribution in [0.1, 0.15) is 17.3 Å². The Kier molecular flexibility index (Phi) is 6.89. The molecule has 1 fully saturated rings. The molecule has 1 aliphatic rings. The van der Waals surface area contributed by atoms with Crippen molar-refractivity contribution in [3.8, 4) is 0 Å². The van der Waals surface area contributed by atoms with Crippen LogP contribution in [-0.2, 0) is 4.79 Å². The first-order valence-electron chi connectivity index (χ1n) is 9.66. The Hall–Kier alpha value is -2.43. The van der Waals surface area contributed by atoms with Crippen molar-refractivity contribution in [2.75, 3.05) is 31.5 Å². The Balaban J connectivity index is 1.39. The molecule has 31 heavy (non-hydrogen) atoms. The average Bonchev–Trinajstić information content (AvgIpc) is 3.20. The summed E-state index contributed by atoms with van der Waals surface area (Å²) in [6, 6.07) is 13.2. The highest BCUT2D eigenvalue weighted by Crippen LogP contribution is 2.32. The summed E-state index contributed by atoms with van der Waals surface area (Å²) < 4.78 is 0.757. The quantitative estimate of drug-likeness (QED) is 0.502. The minimum absolute atomic E-state index is 0.00739. The zero-order valence-corrected chi connectivity index (χ0v) is 20.0. The van der Waals surface area contributed by atoms with Gasteiger partial charge in [-0.15, -0.1) is 11.3 Å². The largest absolute Gasteiger partial charge is 0.339 e. The SMILES string of the molecule is CC(=O)N1CCN(C(=O)c2cccc(Sc3csc(Nc4cccc(Br)n4)n3)c2)CC1. The van der Waals surface area contributed by atoms with Gasteiger partial charge in [-0.1, -0.05) is 23.9 Å². The molecule has 1 saturated heterocycles. The number of nitrogens with zero attached hydrogens (tertiary/aromatic N) is 4. The molecule has 3 heterocycles. The first-order valence-corrected chi connectivity index (χ1v) is 12.1. The van der Waals surface area contributed by atoms with Crippen LogP contribution in [0.15, 0.2) is 62.4 Å². The molecule has 3 aromatic rings. The van der Waals surface area contributed by atoms with Crippen molar-refractivity contribution >= 4 is 61.8 Å². The molecule has 0 spiro atoms. The predicted octanol–water partition coefficient (Wildman–Crippen LogP) is 4.50. The third kappa shape index (κ3) is 5.63. The molecule has 2 aromatic heterocycles. The smallest absolute Gasteiger partial charge is 0.254 e. The number of halogens is 1. The minimum atomic E-state index is -0.00739. The second kappa shape index (κ2) is 9.80. The van der Waals surface area contributed by atoms with Gasteiger partial charge in [0.1, 0.15) is 15.4 Å². The predicted molar refractivity (Wildman–Crippen MR) is 126 cm³/mol. The van der Waals surface area contributed by atoms with Crippen molar-refractivity contribution in [2.45, 2.75) is 16.8 Å². The molecular formula is C21H20BrN5O2S2. The van der Waals surface area contributed by atoms with E-state index in [1.54, 1.807) is 16.7 Å². The number of nitrogens with one attached hydrogen (secondary N) is 1. The number of hydrogen-bond donors (Lipinski definition) is 1. The summed E-state index contributed by atoms with van der Waals surface area (Å²) in [5, 5.41) is 6.77. The van der Waals surface area contributed by atoms with Crippen LogP contribution in [0.5, 0.6) is 0 Å². The zero-order valence-electron chi connectivity index (χ0n) is 16.7. The van der Waals surface area contributed by atoms with E-state index in [4.69, 9.17) is 0 Å². The number of hydrogen-bond acceptors (Lipinski definition) is 7. The van der Waals surface area contributed by atoms with Crippen molar-refractivity contribution in [3.63, 3.8) is 0 Å². The molecule has 2 amide bonds. The summed E-state index contributed by atoms with van der Waals surface area (Å²) in [6.45, 7) is 3.84. The number of benzene rings is 1. The molecule has 1 aliphatic heterocycles. The standard InChI is InChI=1S/C21H20BrN5O2S2/c1-14(28)26-8-10-27(11-9-26)20(29)15-4-2-5-16(12-15)31-19-13-30-21(25-19)24-18-7-3-6-17(22)23-18/h2-7,12-13H,8-11H2,1H3,(H,23,24,25). The van der Waals surface area contributed by atoms with Gasteiger partial charge in [0, 0.05) is 48.9 Å². The van der Waals surface area contributed by atoms with E-state index in [1.165, 1.54) is 23.1 Å². The van der Waals surface area contributed by atoms with Crippen molar-refractivity contribution < 1.29 is 9.59 Å². The van der Waals surface area contributed by atoms with Crippen LogP contribution >= 0.6 is 39.0 Å². The lowest BCUT2D eigenvalue weighted by Gasteiger charge is -2.34. The normalized spacial score (nSPS) is 13.9. The lowest BCUT2D eigenvalue weighted by atomic mass is 10.2. The van der Waals surface area contributed by atoms with Gasteiger partial charge in [0.15, 0.2) is 5.13 Å². The maximum atomic E-state index is 12.9. The zero-order chi connectivity index (χ0) is 21.8. The fraction of sp³-hybridized carbons (Fsp3) is 0.238. The van der Waals surface area contributed by atoms with Gasteiger partial charge in [-0.2, -0.15) is 0 Å². The first-order chi connectivity index (χ1) is 15.0. The van der Waals surface area contributed by atoms with Crippen LogP contribution < -0.4 is 5.32 Å². The molecule has 0 aliphatic carbocycles. The van der Waals surface area contributed by atoms with Gasteiger partial charge in [-0.25, -0.2) is 9.97 Å². The van der Waals surface area contributed by atoms with E-state index in [9.17, 15) is 9.59 Å². The van der Waals surface area contributed by atoms with E-state index in [1.807, 2.05) is 47.8 Å². The van der Waals surface area contributed by atoms with Crippen molar-refractivity contribution in [2.24, 2.45) is 0 Å². The molecule has 160 valence electrons. The third-order valence-corrected chi connectivity index (χ3v) is 7.01. The van der Waals surface area contributed by atoms with Gasteiger partial charge in [0.25, 0.3) is 5.91 Å². The molecule has 0 atom stereocenters. The number of rotatable bonds is 5. The molecule has 1 N–H and O–H groups in total. The van der Waals surface area contributed by atoms with E-state index >= 15 is 0 Å². The fourth-order valence-electron chi connectivity index (χ4n) is 3.17. The van der Waals surface area contributed by atoms with Gasteiger partial charge in [0.2, 0.25) is 5.91 Å². The number of carbonyl (C=O) groups excluding carboxylic acids is 2. The minimum Gasteiger partial charge on any atom is -0.339 e. The van der Waals surface area contributed by atoms with Crippen LogP contribution in [0.4, 0.5) is 10.9 Å². The van der Waals surface area contributed by atoms with Crippen LogP contribution in [0, 0.1) is 0 Å². The topological polar surface area (TPSA) is 78.4 Å². The third-order valence-electron chi connectivity index (χ3n) is 4.75. The van der Waals surface area contributed by atoms with E-state index in [0.717, 1.165) is 25.5 Å². The Morgan fingerprint density at radius 1 is 1.06 bits per heavy atom. The number of anilines is 2. The molecule has 0 radical (unpaired) electrons. The lowest BCUT2D eigenvalue weighted by molar-refractivity contribution is -0.130. The fourth-order valence-corrected chi connectivity index (χ4v) is 5.20. The number of amides is 2. The van der Waals surface area contributed by atoms with Gasteiger partial charge in [-0.05, 0) is 46.3 Å². The van der Waals surface area contributed by atoms with E-state index in [-0.39, 0.29) is 11.8 Å². The molecule has 0 saturated carbocycles. The number of aromatic nitrogens is 2. The van der Waals surface area contributed by atoms with Crippen LogP contribution in [0.25, 0.3) is 0 Å². The molecular weight excluding hydrogens is 498 g/mol. The monoisotopic (exact) mass is 517 g/mol. The second-order valence-electron chi connectivity index (χ2n) is 6.89. The van der Waals surface area contributed by atoms with Crippen molar-refractivity contribution in [3.05, 3.63) is 58.0 Å². The molecule has 10 heteroatoms. The summed E-state index contributed by atoms with van der Waals surface area (Å²) in [7, 11) is 0. The molecule has 0 bridgehead atoms. The Morgan fingerprint density at radius 3 is 2.55 bits per heavy atom. The van der Waals surface area contributed by atoms with Crippen LogP contribution in [-0.4, -0.2) is 57.8 Å². The molecule has 7 nitrogen and oxygen atoms in total. The summed E-state index contributed by atoms with van der Waals surface area (Å²) in [4.78, 5) is 37.9. The summed E-state index contributed by atoms with van der Waals surface area (Å²) in [5.74, 6) is 0.767. The summed E-state index contributed by atoms with van der Waals surface area (Å²) >= 11 is 6.37. The highest BCUT2D eigenvalue weighted by Gasteiger charge is 2.23. The Labute approximate surface area is 197 Å². The number of piperazine rings is 1. The van der Waals surface area contributed by atoms with Crippen LogP contribution in [0.2, 0.25) is 0 Å². The maximum absolute atomic E-state index is 12.9. The molecule has 0 unspecified atom stereocenters. The van der Waals surface area contributed by atoms with E-state index in [0.29, 0.717) is 31.7 Å². The first kappa shape index (κ1) is 21.8. The van der Waals surface area contributed by atoms with Gasteiger partial charge < -0.3 is 15.1 Å². The number of thiazole rings is 1. The lowest BCUT2D eigenvalue weighted by Crippen LogP contribution is -2.50. The molecule has 1 aromatic carbocycles. The van der Waals surface area contributed by atoms with Crippen LogP contribution in [0.3, 0.4) is 0 Å². The van der Waals surface area contributed by atoms with Gasteiger partial charge >= 0.3 is 0 Å².